The molecule has 0 amide bonds. The normalized spacial score (nSPS) is 45.1. The van der Waals surface area contributed by atoms with Crippen LogP contribution in [0.1, 0.15) is 92.9 Å². The molecule has 9 heteroatoms. The average molecular weight is 616 g/mol. The van der Waals surface area contributed by atoms with E-state index in [4.69, 9.17) is 14.2 Å². The first kappa shape index (κ1) is 30.8. The van der Waals surface area contributed by atoms with E-state index < -0.39 is 22.5 Å². The summed E-state index contributed by atoms with van der Waals surface area (Å²) < 4.78 is 17.5. The van der Waals surface area contributed by atoms with Crippen molar-refractivity contribution in [3.63, 3.8) is 0 Å². The number of aliphatic hydroxyl groups excluding tert-OH is 2. The van der Waals surface area contributed by atoms with Gasteiger partial charge in [0.05, 0.1) is 23.1 Å². The van der Waals surface area contributed by atoms with Crippen LogP contribution in [0.4, 0.5) is 0 Å². The summed E-state index contributed by atoms with van der Waals surface area (Å²) in [7, 11) is 0. The van der Waals surface area contributed by atoms with Crippen molar-refractivity contribution in [2.45, 2.75) is 128 Å². The van der Waals surface area contributed by atoms with Crippen LogP contribution < -0.4 is 0 Å². The summed E-state index contributed by atoms with van der Waals surface area (Å²) in [6.07, 6.45) is 3.13. The fourth-order valence-electron chi connectivity index (χ4n) is 9.29. The van der Waals surface area contributed by atoms with E-state index >= 15 is 0 Å². The smallest absolute Gasteiger partial charge is 0.306 e. The average Bonchev–Trinajstić information content (AvgIpc) is 3.16. The molecule has 0 aromatic carbocycles. The summed E-state index contributed by atoms with van der Waals surface area (Å²) in [5.74, 6) is -0.542. The van der Waals surface area contributed by atoms with Gasteiger partial charge < -0.3 is 24.4 Å². The summed E-state index contributed by atoms with van der Waals surface area (Å²) in [4.78, 5) is 36.4. The second kappa shape index (κ2) is 11.6. The Labute approximate surface area is 241 Å². The predicted molar refractivity (Wildman–Crippen MR) is 148 cm³/mol. The van der Waals surface area contributed by atoms with Crippen molar-refractivity contribution in [1.29, 1.82) is 0 Å². The first-order valence-corrected chi connectivity index (χ1v) is 15.7. The quantitative estimate of drug-likeness (QED) is 0.243. The number of fused-ring (bicyclic) bond motifs is 5. The van der Waals surface area contributed by atoms with Gasteiger partial charge in [0, 0.05) is 37.0 Å². The van der Waals surface area contributed by atoms with Crippen molar-refractivity contribution >= 4 is 33.8 Å². The number of hydrogen-bond acceptors (Lipinski definition) is 8. The fraction of sp³-hybridized carbons (Fsp3) is 0.900. The van der Waals surface area contributed by atoms with Gasteiger partial charge in [0.1, 0.15) is 12.2 Å². The number of aliphatic hydroxyl groups is 2. The molecule has 39 heavy (non-hydrogen) atoms. The number of alkyl halides is 1. The molecule has 0 bridgehead atoms. The molecule has 0 aromatic rings. The molecule has 4 rings (SSSR count). The highest BCUT2D eigenvalue weighted by Gasteiger charge is 2.69. The fourth-order valence-corrected chi connectivity index (χ4v) is 10.1. The maximum absolute atomic E-state index is 12.4. The first-order chi connectivity index (χ1) is 18.2. The summed E-state index contributed by atoms with van der Waals surface area (Å²) in [5.41, 5.74) is -0.879. The van der Waals surface area contributed by atoms with Crippen molar-refractivity contribution in [2.75, 3.05) is 0 Å². The van der Waals surface area contributed by atoms with Crippen LogP contribution in [-0.4, -0.2) is 63.5 Å². The number of esters is 3. The zero-order valence-electron chi connectivity index (χ0n) is 24.2. The molecule has 2 N–H and O–H groups in total. The summed E-state index contributed by atoms with van der Waals surface area (Å²) in [6, 6.07) is 0. The Hall–Kier alpha value is -1.19. The highest BCUT2D eigenvalue weighted by atomic mass is 79.9. The van der Waals surface area contributed by atoms with E-state index in [1.165, 1.54) is 13.8 Å². The van der Waals surface area contributed by atoms with Crippen molar-refractivity contribution < 1.29 is 38.8 Å². The number of rotatable bonds is 7. The molecule has 12 atom stereocenters. The molecular weight excluding hydrogens is 568 g/mol. The predicted octanol–water partition coefficient (Wildman–Crippen LogP) is 4.56. The van der Waals surface area contributed by atoms with E-state index in [0.29, 0.717) is 32.1 Å². The van der Waals surface area contributed by atoms with E-state index in [2.05, 4.69) is 29.8 Å². The number of carbonyl (C=O) groups excluding carboxylic acids is 3. The lowest BCUT2D eigenvalue weighted by Crippen LogP contribution is -2.68. The van der Waals surface area contributed by atoms with Gasteiger partial charge in [-0.1, -0.05) is 29.8 Å². The van der Waals surface area contributed by atoms with E-state index in [1.54, 1.807) is 0 Å². The molecule has 0 saturated heterocycles. The van der Waals surface area contributed by atoms with Crippen LogP contribution in [0.15, 0.2) is 0 Å². The molecule has 0 spiro atoms. The van der Waals surface area contributed by atoms with Crippen molar-refractivity contribution in [1.82, 2.24) is 0 Å². The number of carbonyl (C=O) groups is 3. The van der Waals surface area contributed by atoms with Crippen LogP contribution in [0.2, 0.25) is 0 Å². The van der Waals surface area contributed by atoms with Gasteiger partial charge in [-0.2, -0.15) is 0 Å². The summed E-state index contributed by atoms with van der Waals surface area (Å²) >= 11 is 3.57. The van der Waals surface area contributed by atoms with Gasteiger partial charge in [-0.05, 0) is 82.5 Å². The lowest BCUT2D eigenvalue weighted by Gasteiger charge is -2.65. The zero-order chi connectivity index (χ0) is 28.9. The second-order valence-corrected chi connectivity index (χ2v) is 14.4. The van der Waals surface area contributed by atoms with Crippen molar-refractivity contribution in [3.05, 3.63) is 0 Å². The van der Waals surface area contributed by atoms with Gasteiger partial charge in [0.25, 0.3) is 0 Å². The van der Waals surface area contributed by atoms with Gasteiger partial charge >= 0.3 is 17.9 Å². The van der Waals surface area contributed by atoms with E-state index in [-0.39, 0.29) is 71.2 Å². The topological polar surface area (TPSA) is 119 Å². The minimum atomic E-state index is -0.788. The molecule has 4 fully saturated rings. The molecular formula is C30H47BrO8. The molecule has 0 aromatic heterocycles. The SMILES string of the molecule is CC(=O)O[C@H]1CC2C([C@H](OC(C)=O)C[C@@H]3C[C@H](O)[C@H](Br)[C@@H](O)[C@]23C)[C@@H]2CC[C@H](CCCC(=O)OC(C)C)[C@@]12C. The van der Waals surface area contributed by atoms with Crippen molar-refractivity contribution in [2.24, 2.45) is 40.4 Å². The van der Waals surface area contributed by atoms with Crippen molar-refractivity contribution in [3.8, 4) is 0 Å². The Morgan fingerprint density at radius 2 is 1.62 bits per heavy atom. The first-order valence-electron chi connectivity index (χ1n) is 14.7. The lowest BCUT2D eigenvalue weighted by atomic mass is 9.42. The largest absolute Gasteiger partial charge is 0.463 e. The van der Waals surface area contributed by atoms with Gasteiger partial charge in [-0.15, -0.1) is 0 Å². The molecule has 2 unspecified atom stereocenters. The molecule has 4 aliphatic carbocycles. The van der Waals surface area contributed by atoms with Gasteiger partial charge in [-0.25, -0.2) is 0 Å². The zero-order valence-corrected chi connectivity index (χ0v) is 25.8. The third-order valence-corrected chi connectivity index (χ3v) is 12.1. The molecule has 4 aliphatic rings. The number of hydrogen-bond donors (Lipinski definition) is 2. The highest BCUT2D eigenvalue weighted by molar-refractivity contribution is 9.09. The van der Waals surface area contributed by atoms with Crippen LogP contribution >= 0.6 is 15.9 Å². The second-order valence-electron chi connectivity index (χ2n) is 13.3. The molecule has 0 heterocycles. The highest BCUT2D eigenvalue weighted by Crippen LogP contribution is 2.69. The molecule has 8 nitrogen and oxygen atoms in total. The Kier molecular flexibility index (Phi) is 9.14. The molecule has 4 saturated carbocycles. The molecule has 222 valence electrons. The van der Waals surface area contributed by atoms with Gasteiger partial charge in [0.2, 0.25) is 0 Å². The van der Waals surface area contributed by atoms with Crippen LogP contribution in [0, 0.1) is 40.4 Å². The third kappa shape index (κ3) is 5.53. The van der Waals surface area contributed by atoms with E-state index in [1.807, 2.05) is 13.8 Å². The van der Waals surface area contributed by atoms with Gasteiger partial charge in [-0.3, -0.25) is 14.4 Å². The van der Waals surface area contributed by atoms with Gasteiger partial charge in [0.15, 0.2) is 0 Å². The maximum atomic E-state index is 12.4. The Morgan fingerprint density at radius 3 is 2.23 bits per heavy atom. The number of ether oxygens (including phenoxy) is 3. The van der Waals surface area contributed by atoms with E-state index in [9.17, 15) is 24.6 Å². The Morgan fingerprint density at radius 1 is 0.949 bits per heavy atom. The molecule has 0 aliphatic heterocycles. The summed E-state index contributed by atoms with van der Waals surface area (Å²) in [5, 5.41) is 22.3. The lowest BCUT2D eigenvalue weighted by molar-refractivity contribution is -0.240. The monoisotopic (exact) mass is 614 g/mol. The van der Waals surface area contributed by atoms with E-state index in [0.717, 1.165) is 19.3 Å². The minimum absolute atomic E-state index is 0.00690. The van der Waals surface area contributed by atoms with Crippen LogP contribution in [0.25, 0.3) is 0 Å². The van der Waals surface area contributed by atoms with Crippen LogP contribution in [-0.2, 0) is 28.6 Å². The molecule has 0 radical (unpaired) electrons. The minimum Gasteiger partial charge on any atom is -0.463 e. The standard InChI is InChI=1S/C30H47BrO8/c1-15(2)37-25(35)9-7-8-18-10-11-20-26-21(14-24(29(18,20)5)39-17(4)33)30(6)19(13-23(26)38-16(3)32)12-22(34)27(31)28(30)36/h15,18-24,26-28,34,36H,7-14H2,1-6H3/t18-,19-,20-,21?,22-,23+,24-,26?,27-,28+,29+,30-/m0/s1. The number of halogens is 1. The van der Waals surface area contributed by atoms with Crippen LogP contribution in [0.5, 0.6) is 0 Å². The Balaban J connectivity index is 1.68. The Bertz CT molecular complexity index is 940. The third-order valence-electron chi connectivity index (χ3n) is 11.0. The maximum Gasteiger partial charge on any atom is 0.306 e. The van der Waals surface area contributed by atoms with Crippen LogP contribution in [0.3, 0.4) is 0 Å². The summed E-state index contributed by atoms with van der Waals surface area (Å²) in [6.45, 7) is 10.9.